The van der Waals surface area contributed by atoms with Gasteiger partial charge in [-0.25, -0.2) is 0 Å². The molecular weight excluding hydrogens is 700 g/mol. The van der Waals surface area contributed by atoms with E-state index < -0.39 is 65.0 Å². The lowest BCUT2D eigenvalue weighted by molar-refractivity contribution is -0.126. The quantitative estimate of drug-likeness (QED) is 0.0596. The van der Waals surface area contributed by atoms with Crippen LogP contribution in [0.1, 0.15) is 79.1 Å². The van der Waals surface area contributed by atoms with Crippen molar-refractivity contribution in [3.05, 3.63) is 0 Å². The molecule has 0 aromatic rings. The second-order valence-corrected chi connectivity index (χ2v) is 19.9. The van der Waals surface area contributed by atoms with Gasteiger partial charge in [0.05, 0.1) is 0 Å². The Balaban J connectivity index is 0. The smallest absolute Gasteiger partial charge is 0.369 e. The predicted molar refractivity (Wildman–Crippen MR) is 164 cm³/mol. The van der Waals surface area contributed by atoms with Gasteiger partial charge in [-0.05, 0) is 19.3 Å². The summed E-state index contributed by atoms with van der Waals surface area (Å²) in [6.45, 7) is 7.31. The van der Waals surface area contributed by atoms with E-state index in [1.807, 2.05) is 0 Å². The monoisotopic (exact) mass is 748 g/mol. The lowest BCUT2D eigenvalue weighted by atomic mass is 10.0. The van der Waals surface area contributed by atoms with Crippen molar-refractivity contribution in [1.29, 1.82) is 0 Å². The van der Waals surface area contributed by atoms with E-state index in [0.29, 0.717) is 6.66 Å². The van der Waals surface area contributed by atoms with Crippen LogP contribution in [0.2, 0.25) is 0 Å². The summed E-state index contributed by atoms with van der Waals surface area (Å²) in [5.74, 6) is -1.38. The van der Waals surface area contributed by atoms with Gasteiger partial charge >= 0.3 is 22.8 Å². The van der Waals surface area contributed by atoms with E-state index in [9.17, 15) is 52.5 Å². The molecule has 2 unspecified atom stereocenters. The molecule has 0 radical (unpaired) electrons. The van der Waals surface area contributed by atoms with Gasteiger partial charge in [0.1, 0.15) is 11.6 Å². The van der Waals surface area contributed by atoms with Gasteiger partial charge in [-0.2, -0.15) is 0 Å². The summed E-state index contributed by atoms with van der Waals surface area (Å²) in [5, 5.41) is 17.7. The first-order chi connectivity index (χ1) is 20.4. The van der Waals surface area contributed by atoms with Gasteiger partial charge in [-0.15, -0.1) is 0 Å². The second-order valence-electron chi connectivity index (χ2n) is 11.2. The van der Waals surface area contributed by atoms with E-state index in [1.165, 1.54) is 0 Å². The average molecular weight is 749 g/mol. The van der Waals surface area contributed by atoms with E-state index in [2.05, 4.69) is 10.6 Å². The summed E-state index contributed by atoms with van der Waals surface area (Å²) in [4.78, 5) is 109. The van der Waals surface area contributed by atoms with Crippen LogP contribution in [-0.2, 0) is 37.4 Å². The molecule has 0 bridgehead atoms. The Morgan fingerprint density at radius 3 is 1.09 bits per heavy atom. The third-order valence-corrected chi connectivity index (χ3v) is 15.1. The minimum atomic E-state index is -5.47. The van der Waals surface area contributed by atoms with Crippen molar-refractivity contribution in [1.82, 2.24) is 10.6 Å². The number of aliphatic hydroxyl groups is 2. The zero-order chi connectivity index (χ0) is 36.9. The zero-order valence-electron chi connectivity index (χ0n) is 26.3. The summed E-state index contributed by atoms with van der Waals surface area (Å²) in [7, 11) is -20.6. The van der Waals surface area contributed by atoms with E-state index in [1.54, 1.807) is 27.7 Å². The number of carbonyl (C=O) groups is 4. The van der Waals surface area contributed by atoms with Crippen molar-refractivity contribution < 1.29 is 81.9 Å². The fourth-order valence-electron chi connectivity index (χ4n) is 3.39. The number of rotatable bonds is 20. The molecule has 0 saturated carbocycles. The first kappa shape index (κ1) is 47.0. The van der Waals surface area contributed by atoms with E-state index >= 15 is 0 Å². The number of hydrogen-bond acceptors (Lipinski definition) is 10. The molecule has 0 aromatic carbocycles. The number of ketones is 2. The highest BCUT2D eigenvalue weighted by molar-refractivity contribution is 7.74. The van der Waals surface area contributed by atoms with Crippen LogP contribution in [0.15, 0.2) is 0 Å². The standard InChI is InChI=1S/C12H25NO8P2.C11H23NO9P2/c1-9(2)10(14)5-6-11(15)13-8-4-7-12(16,22(3,17)18)23(19,20)21;1-8(2)9(13)4-5-10(14)12-7-3-6-11(15,22(16,17)18)23(19,20)21/h9,16H,4-8H2,1-3H3,(H,13,15)(H,17,18)(H2,19,20,21);8,15H,3-7H2,1-2H3,(H,12,14)(H2,16,17,18)(H2,19,20,21). The van der Waals surface area contributed by atoms with Crippen molar-refractivity contribution in [3.8, 4) is 0 Å². The second kappa shape index (κ2) is 19.1. The molecule has 19 nitrogen and oxygen atoms in total. The maximum atomic E-state index is 11.5. The van der Waals surface area contributed by atoms with Crippen LogP contribution in [0.3, 0.4) is 0 Å². The normalized spacial score (nSPS) is 15.3. The van der Waals surface area contributed by atoms with Gasteiger partial charge in [0.15, 0.2) is 0 Å². The molecule has 46 heavy (non-hydrogen) atoms. The first-order valence-electron chi connectivity index (χ1n) is 14.0. The number of nitrogens with one attached hydrogen (secondary N) is 2. The molecule has 272 valence electrons. The Bertz CT molecular complexity index is 1090. The van der Waals surface area contributed by atoms with Crippen LogP contribution in [0, 0.1) is 11.8 Å². The highest BCUT2D eigenvalue weighted by Gasteiger charge is 2.58. The molecule has 0 aliphatic heterocycles. The SMILES string of the molecule is CC(C)C(=O)CCC(=O)NCCCC(O)(P(=O)(O)O)P(=O)(O)O.CC(C)C(=O)CCC(=O)NCCCC(O)(P(C)(=O)O)P(=O)(O)O. The fourth-order valence-corrected chi connectivity index (χ4v) is 8.60. The summed E-state index contributed by atoms with van der Waals surface area (Å²) in [5.41, 5.74) is 0. The number of hydrogen-bond donors (Lipinski definition) is 11. The van der Waals surface area contributed by atoms with Gasteiger partial charge in [0.2, 0.25) is 24.3 Å². The largest absolute Gasteiger partial charge is 0.369 e. The van der Waals surface area contributed by atoms with Crippen LogP contribution in [0.25, 0.3) is 0 Å². The van der Waals surface area contributed by atoms with Gasteiger partial charge in [-0.3, -0.25) is 37.4 Å². The van der Waals surface area contributed by atoms with Crippen molar-refractivity contribution in [2.45, 2.75) is 89.2 Å². The third kappa shape index (κ3) is 15.8. The Kier molecular flexibility index (Phi) is 19.5. The topological polar surface area (TPSA) is 343 Å². The van der Waals surface area contributed by atoms with Crippen molar-refractivity contribution >= 4 is 53.5 Å². The Morgan fingerprint density at radius 2 is 0.848 bits per heavy atom. The van der Waals surface area contributed by atoms with Gasteiger partial charge in [-0.1, -0.05) is 27.7 Å². The lowest BCUT2D eigenvalue weighted by Gasteiger charge is -2.30. The molecule has 11 N–H and O–H groups in total. The molecule has 0 spiro atoms. The van der Waals surface area contributed by atoms with Crippen molar-refractivity contribution in [3.63, 3.8) is 0 Å². The molecule has 0 heterocycles. The molecule has 0 aromatic heterocycles. The minimum absolute atomic E-state index is 0.00789. The number of amides is 2. The van der Waals surface area contributed by atoms with E-state index in [4.69, 9.17) is 29.4 Å². The molecule has 0 rings (SSSR count). The minimum Gasteiger partial charge on any atom is -0.369 e. The van der Waals surface area contributed by atoms with E-state index in [-0.39, 0.29) is 75.0 Å². The highest BCUT2D eigenvalue weighted by Crippen LogP contribution is 2.70. The maximum absolute atomic E-state index is 11.5. The predicted octanol–water partition coefficient (Wildman–Crippen LogP) is 0.502. The Morgan fingerprint density at radius 1 is 0.565 bits per heavy atom. The summed E-state index contributed by atoms with van der Waals surface area (Å²) in [6.07, 6.45) is -1.83. The molecule has 0 aliphatic rings. The van der Waals surface area contributed by atoms with Crippen LogP contribution < -0.4 is 10.6 Å². The van der Waals surface area contributed by atoms with Gasteiger partial charge in [0, 0.05) is 63.7 Å². The maximum Gasteiger partial charge on any atom is 0.369 e. The van der Waals surface area contributed by atoms with Crippen molar-refractivity contribution in [2.24, 2.45) is 11.8 Å². The van der Waals surface area contributed by atoms with Gasteiger partial charge in [0.25, 0.3) is 5.08 Å². The summed E-state index contributed by atoms with van der Waals surface area (Å²) >= 11 is 0. The fraction of sp³-hybridized carbons (Fsp3) is 0.826. The number of Topliss-reactive ketones (excluding diaryl/α,β-unsaturated/α-hetero) is 2. The molecule has 0 saturated heterocycles. The third-order valence-electron chi connectivity index (χ3n) is 6.57. The first-order valence-corrected chi connectivity index (χ1v) is 20.9. The Hall–Kier alpha value is -1.16. The average Bonchev–Trinajstić information content (AvgIpc) is 2.87. The molecular formula is C23H48N2O17P4. The molecule has 0 fully saturated rings. The van der Waals surface area contributed by atoms with Crippen LogP contribution in [0.5, 0.6) is 0 Å². The molecule has 0 aliphatic carbocycles. The molecule has 23 heteroatoms. The van der Waals surface area contributed by atoms with E-state index in [0.717, 1.165) is 0 Å². The van der Waals surface area contributed by atoms with Gasteiger partial charge < -0.3 is 55.1 Å². The number of carbonyl (C=O) groups excluding carboxylic acids is 4. The Labute approximate surface area is 266 Å². The van der Waals surface area contributed by atoms with Crippen molar-refractivity contribution in [2.75, 3.05) is 19.8 Å². The highest BCUT2D eigenvalue weighted by atomic mass is 31.2. The van der Waals surface area contributed by atoms with Crippen LogP contribution in [0.4, 0.5) is 0 Å². The lowest BCUT2D eigenvalue weighted by Crippen LogP contribution is -2.31. The van der Waals surface area contributed by atoms with Crippen LogP contribution >= 0.6 is 30.2 Å². The zero-order valence-corrected chi connectivity index (χ0v) is 29.9. The summed E-state index contributed by atoms with van der Waals surface area (Å²) < 4.78 is 45.0. The molecule has 2 amide bonds. The summed E-state index contributed by atoms with van der Waals surface area (Å²) in [6, 6.07) is 0. The molecule has 2 atom stereocenters. The van der Waals surface area contributed by atoms with Crippen LogP contribution in [-0.4, -0.2) is 97.8 Å².